The van der Waals surface area contributed by atoms with Gasteiger partial charge in [0.15, 0.2) is 0 Å². The molecule has 1 aromatic rings. The monoisotopic (exact) mass is 485 g/mol. The summed E-state index contributed by atoms with van der Waals surface area (Å²) in [6.07, 6.45) is 7.62. The van der Waals surface area contributed by atoms with Crippen molar-refractivity contribution < 1.29 is 14.3 Å². The van der Waals surface area contributed by atoms with Crippen molar-refractivity contribution >= 4 is 17.5 Å². The lowest BCUT2D eigenvalue weighted by Gasteiger charge is -2.42. The number of amides is 1. The van der Waals surface area contributed by atoms with Crippen molar-refractivity contribution in [3.63, 3.8) is 0 Å². The molecule has 1 amide bonds. The van der Waals surface area contributed by atoms with E-state index in [1.165, 1.54) is 55.5 Å². The number of nitrogens with zero attached hydrogens (tertiary/aromatic N) is 3. The molecular weight excluding hydrogens is 438 g/mol. The van der Waals surface area contributed by atoms with E-state index in [9.17, 15) is 4.79 Å². The number of morpholine rings is 1. The summed E-state index contributed by atoms with van der Waals surface area (Å²) in [5, 5.41) is 0. The Morgan fingerprint density at radius 2 is 1.60 bits per heavy atom. The summed E-state index contributed by atoms with van der Waals surface area (Å²) in [6, 6.07) is 7.14. The summed E-state index contributed by atoms with van der Waals surface area (Å²) in [4.78, 5) is 19.4. The predicted octanol–water partition coefficient (Wildman–Crippen LogP) is 6.04. The molecule has 0 aromatic heterocycles. The highest BCUT2D eigenvalue weighted by atomic mass is 16.6. The van der Waals surface area contributed by atoms with Crippen LogP contribution in [0.2, 0.25) is 0 Å². The lowest BCUT2D eigenvalue weighted by molar-refractivity contribution is 0.0240. The van der Waals surface area contributed by atoms with Gasteiger partial charge in [-0.2, -0.15) is 0 Å². The molecule has 3 aliphatic rings. The highest BCUT2D eigenvalue weighted by Crippen LogP contribution is 2.49. The van der Waals surface area contributed by atoms with Gasteiger partial charge >= 0.3 is 6.09 Å². The number of carbonyl (C=O) groups excluding carboxylic acids is 1. The molecule has 1 aromatic carbocycles. The van der Waals surface area contributed by atoms with E-state index in [4.69, 9.17) is 9.47 Å². The molecule has 4 rings (SSSR count). The van der Waals surface area contributed by atoms with Crippen molar-refractivity contribution in [1.29, 1.82) is 0 Å². The molecule has 2 heterocycles. The molecule has 2 aliphatic heterocycles. The third kappa shape index (κ3) is 6.25. The number of rotatable bonds is 5. The maximum absolute atomic E-state index is 12.6. The summed E-state index contributed by atoms with van der Waals surface area (Å²) < 4.78 is 11.2. The molecule has 1 aliphatic carbocycles. The van der Waals surface area contributed by atoms with Crippen LogP contribution in [0.5, 0.6) is 0 Å². The molecule has 35 heavy (non-hydrogen) atoms. The van der Waals surface area contributed by atoms with Crippen LogP contribution in [0.25, 0.3) is 0 Å². The molecule has 0 spiro atoms. The Kier molecular flexibility index (Phi) is 8.19. The molecule has 1 saturated carbocycles. The maximum Gasteiger partial charge on any atom is 0.410 e. The minimum absolute atomic E-state index is 0.192. The molecule has 0 N–H and O–H groups in total. The molecule has 6 heteroatoms. The summed E-state index contributed by atoms with van der Waals surface area (Å²) >= 11 is 0. The van der Waals surface area contributed by atoms with Gasteiger partial charge in [-0.15, -0.1) is 0 Å². The van der Waals surface area contributed by atoms with Crippen molar-refractivity contribution in [2.75, 3.05) is 62.3 Å². The number of hydrogen-bond acceptors (Lipinski definition) is 5. The summed E-state index contributed by atoms with van der Waals surface area (Å²) in [5.41, 5.74) is 4.31. The van der Waals surface area contributed by atoms with Crippen LogP contribution in [0.1, 0.15) is 84.6 Å². The van der Waals surface area contributed by atoms with E-state index in [0.29, 0.717) is 24.4 Å². The Morgan fingerprint density at radius 3 is 2.17 bits per heavy atom. The van der Waals surface area contributed by atoms with Gasteiger partial charge in [-0.3, -0.25) is 0 Å². The first-order valence-electron chi connectivity index (χ1n) is 13.9. The third-order valence-corrected chi connectivity index (χ3v) is 8.65. The number of carbonyl (C=O) groups is 1. The fourth-order valence-electron chi connectivity index (χ4n) is 6.13. The van der Waals surface area contributed by atoms with Gasteiger partial charge in [0.05, 0.1) is 13.2 Å². The van der Waals surface area contributed by atoms with Gasteiger partial charge in [0, 0.05) is 50.6 Å². The zero-order chi connectivity index (χ0) is 25.1. The molecule has 0 unspecified atom stereocenters. The van der Waals surface area contributed by atoms with E-state index in [1.807, 2.05) is 25.7 Å². The van der Waals surface area contributed by atoms with Gasteiger partial charge in [0.2, 0.25) is 0 Å². The van der Waals surface area contributed by atoms with Crippen LogP contribution in [0.15, 0.2) is 18.2 Å². The molecule has 196 valence electrons. The number of ether oxygens (including phenoxy) is 2. The maximum atomic E-state index is 12.6. The van der Waals surface area contributed by atoms with Crippen LogP contribution in [0.4, 0.5) is 16.2 Å². The molecule has 3 fully saturated rings. The first-order chi connectivity index (χ1) is 16.7. The van der Waals surface area contributed by atoms with E-state index in [2.05, 4.69) is 41.8 Å². The van der Waals surface area contributed by atoms with Crippen LogP contribution in [0.3, 0.4) is 0 Å². The lowest BCUT2D eigenvalue weighted by Crippen LogP contribution is -2.50. The fourth-order valence-corrected chi connectivity index (χ4v) is 6.13. The smallest absolute Gasteiger partial charge is 0.410 e. The molecule has 0 radical (unpaired) electrons. The zero-order valence-electron chi connectivity index (χ0n) is 22.8. The summed E-state index contributed by atoms with van der Waals surface area (Å²) in [7, 11) is 0. The van der Waals surface area contributed by atoms with E-state index in [1.54, 1.807) is 0 Å². The van der Waals surface area contributed by atoms with Crippen molar-refractivity contribution in [2.24, 2.45) is 5.41 Å². The predicted molar refractivity (Wildman–Crippen MR) is 144 cm³/mol. The van der Waals surface area contributed by atoms with Crippen LogP contribution in [0, 0.1) is 5.41 Å². The largest absolute Gasteiger partial charge is 0.444 e. The molecule has 6 nitrogen and oxygen atoms in total. The normalized spacial score (nSPS) is 21.8. The van der Waals surface area contributed by atoms with Crippen LogP contribution in [-0.2, 0) is 9.47 Å². The average molecular weight is 486 g/mol. The Hall–Kier alpha value is -1.95. The van der Waals surface area contributed by atoms with Gasteiger partial charge in [-0.25, -0.2) is 4.79 Å². The van der Waals surface area contributed by atoms with E-state index in [-0.39, 0.29) is 6.09 Å². The topological polar surface area (TPSA) is 45.2 Å². The number of benzene rings is 1. The van der Waals surface area contributed by atoms with Gasteiger partial charge < -0.3 is 24.2 Å². The first kappa shape index (κ1) is 26.1. The lowest BCUT2D eigenvalue weighted by atomic mass is 9.66. The van der Waals surface area contributed by atoms with Crippen molar-refractivity contribution in [3.8, 4) is 0 Å². The van der Waals surface area contributed by atoms with Crippen molar-refractivity contribution in [1.82, 2.24) is 4.90 Å². The first-order valence-corrected chi connectivity index (χ1v) is 13.9. The molecular formula is C29H47N3O3. The second-order valence-corrected chi connectivity index (χ2v) is 11.8. The number of piperazine rings is 1. The quantitative estimate of drug-likeness (QED) is 0.508. The van der Waals surface area contributed by atoms with Crippen LogP contribution < -0.4 is 9.80 Å². The second-order valence-electron chi connectivity index (χ2n) is 11.8. The van der Waals surface area contributed by atoms with Gasteiger partial charge in [-0.05, 0) is 81.5 Å². The molecule has 0 atom stereocenters. The van der Waals surface area contributed by atoms with Crippen molar-refractivity contribution in [3.05, 3.63) is 23.8 Å². The third-order valence-electron chi connectivity index (χ3n) is 8.65. The molecule has 0 bridgehead atoms. The van der Waals surface area contributed by atoms with E-state index < -0.39 is 5.60 Å². The SMILES string of the molecule is CCC1(CC)CCC(c2cc(N3CCOCC3)ccc2N2CCN(C(=O)OC(C)(C)C)CC2)CC1. The highest BCUT2D eigenvalue weighted by molar-refractivity contribution is 5.69. The van der Waals surface area contributed by atoms with Crippen LogP contribution in [-0.4, -0.2) is 69.1 Å². The summed E-state index contributed by atoms with van der Waals surface area (Å²) in [6.45, 7) is 17.2. The Balaban J connectivity index is 1.52. The van der Waals surface area contributed by atoms with Crippen LogP contribution >= 0.6 is 0 Å². The average Bonchev–Trinajstić information content (AvgIpc) is 2.88. The Morgan fingerprint density at radius 1 is 0.971 bits per heavy atom. The standard InChI is InChI=1S/C29H47N3O3/c1-6-29(7-2)12-10-23(11-13-29)25-22-24(30-18-20-34-21-19-30)8-9-26(25)31-14-16-32(17-15-31)27(33)35-28(3,4)5/h8-9,22-23H,6-7,10-21H2,1-5H3. The fraction of sp³-hybridized carbons (Fsp3) is 0.759. The summed E-state index contributed by atoms with van der Waals surface area (Å²) in [5.74, 6) is 0.612. The Labute approximate surface area is 212 Å². The number of anilines is 2. The Bertz CT molecular complexity index is 837. The van der Waals surface area contributed by atoms with Gasteiger partial charge in [0.1, 0.15) is 5.60 Å². The highest BCUT2D eigenvalue weighted by Gasteiger charge is 2.35. The second kappa shape index (κ2) is 11.0. The molecule has 2 saturated heterocycles. The minimum Gasteiger partial charge on any atom is -0.444 e. The number of hydrogen-bond donors (Lipinski definition) is 0. The van der Waals surface area contributed by atoms with Gasteiger partial charge in [0.25, 0.3) is 0 Å². The van der Waals surface area contributed by atoms with Gasteiger partial charge in [-0.1, -0.05) is 26.7 Å². The van der Waals surface area contributed by atoms with E-state index >= 15 is 0 Å². The minimum atomic E-state index is -0.454. The van der Waals surface area contributed by atoms with E-state index in [0.717, 1.165) is 39.4 Å². The van der Waals surface area contributed by atoms with Crippen molar-refractivity contribution in [2.45, 2.75) is 84.7 Å². The zero-order valence-corrected chi connectivity index (χ0v) is 22.8.